The molecular weight excluding hydrogens is 555 g/mol. The molecule has 35 heavy (non-hydrogen) atoms. The quantitative estimate of drug-likeness (QED) is 0.236. The summed E-state index contributed by atoms with van der Waals surface area (Å²) in [6.07, 6.45) is 1.60. The van der Waals surface area contributed by atoms with Crippen molar-refractivity contribution in [2.45, 2.75) is 20.1 Å². The van der Waals surface area contributed by atoms with Crippen LogP contribution in [0, 0.1) is 0 Å². The van der Waals surface area contributed by atoms with Crippen molar-refractivity contribution in [2.75, 3.05) is 6.61 Å². The van der Waals surface area contributed by atoms with Gasteiger partial charge in [-0.15, -0.1) is 0 Å². The second-order valence-corrected chi connectivity index (χ2v) is 9.35. The summed E-state index contributed by atoms with van der Waals surface area (Å²) in [5.41, 5.74) is 2.46. The van der Waals surface area contributed by atoms with Crippen LogP contribution < -0.4 is 14.8 Å². The highest BCUT2D eigenvalue weighted by Gasteiger charge is 2.33. The topological polar surface area (TPSA) is 67.9 Å². The fraction of sp³-hybridized carbons (Fsp3) is 0.154. The second-order valence-electron chi connectivity index (χ2n) is 7.65. The van der Waals surface area contributed by atoms with Gasteiger partial charge in [-0.05, 0) is 70.4 Å². The minimum absolute atomic E-state index is 0.141. The molecule has 1 aliphatic heterocycles. The number of nitrogens with zero attached hydrogens (tertiary/aromatic N) is 1. The van der Waals surface area contributed by atoms with E-state index in [-0.39, 0.29) is 18.8 Å². The van der Waals surface area contributed by atoms with Gasteiger partial charge in [0.1, 0.15) is 12.3 Å². The maximum atomic E-state index is 12.9. The molecule has 6 nitrogen and oxygen atoms in total. The summed E-state index contributed by atoms with van der Waals surface area (Å²) < 4.78 is 12.4. The van der Waals surface area contributed by atoms with Crippen LogP contribution in [0.25, 0.3) is 6.08 Å². The minimum Gasteiger partial charge on any atom is -0.490 e. The molecule has 0 radical (unpaired) electrons. The molecule has 180 valence electrons. The highest BCUT2D eigenvalue weighted by molar-refractivity contribution is 9.10. The van der Waals surface area contributed by atoms with Gasteiger partial charge in [-0.1, -0.05) is 53.5 Å². The van der Waals surface area contributed by atoms with Crippen molar-refractivity contribution in [1.82, 2.24) is 10.2 Å². The summed E-state index contributed by atoms with van der Waals surface area (Å²) in [7, 11) is 0. The van der Waals surface area contributed by atoms with Gasteiger partial charge >= 0.3 is 6.03 Å². The van der Waals surface area contributed by atoms with Gasteiger partial charge in [0, 0.05) is 15.6 Å². The summed E-state index contributed by atoms with van der Waals surface area (Å²) in [5, 5.41) is 3.84. The maximum absolute atomic E-state index is 12.9. The summed E-state index contributed by atoms with van der Waals surface area (Å²) in [6.45, 7) is 2.68. The average Bonchev–Trinajstić information content (AvgIpc) is 3.08. The largest absolute Gasteiger partial charge is 0.490 e. The van der Waals surface area contributed by atoms with Gasteiger partial charge in [0.05, 0.1) is 17.6 Å². The number of amides is 3. The third kappa shape index (κ3) is 5.99. The third-order valence-corrected chi connectivity index (χ3v) is 6.40. The number of urea groups is 1. The molecule has 0 aliphatic carbocycles. The summed E-state index contributed by atoms with van der Waals surface area (Å²) in [6, 6.07) is 17.5. The van der Waals surface area contributed by atoms with Crippen molar-refractivity contribution in [1.29, 1.82) is 0 Å². The van der Waals surface area contributed by atoms with Crippen molar-refractivity contribution in [3.63, 3.8) is 0 Å². The molecule has 0 spiro atoms. The highest BCUT2D eigenvalue weighted by Crippen LogP contribution is 2.38. The van der Waals surface area contributed by atoms with Crippen LogP contribution in [0.1, 0.15) is 23.6 Å². The van der Waals surface area contributed by atoms with Gasteiger partial charge in [0.15, 0.2) is 11.5 Å². The SMILES string of the molecule is CCOc1cc(/C=C2\NC(=O)N(Cc3ccc(Cl)cc3)C2=O)cc(Br)c1OCc1ccccc1Cl. The summed E-state index contributed by atoms with van der Waals surface area (Å²) in [4.78, 5) is 26.5. The van der Waals surface area contributed by atoms with E-state index in [1.54, 1.807) is 48.5 Å². The Morgan fingerprint density at radius 3 is 2.49 bits per heavy atom. The van der Waals surface area contributed by atoms with Crippen LogP contribution in [0.5, 0.6) is 11.5 Å². The zero-order valence-corrected chi connectivity index (χ0v) is 21.8. The minimum atomic E-state index is -0.486. The van der Waals surface area contributed by atoms with Crippen LogP contribution in [0.4, 0.5) is 4.79 Å². The Kier molecular flexibility index (Phi) is 8.00. The number of halogens is 3. The van der Waals surface area contributed by atoms with Gasteiger partial charge < -0.3 is 14.8 Å². The van der Waals surface area contributed by atoms with Crippen molar-refractivity contribution in [3.8, 4) is 11.5 Å². The molecule has 0 saturated carbocycles. The van der Waals surface area contributed by atoms with Gasteiger partial charge in [-0.25, -0.2) is 4.79 Å². The van der Waals surface area contributed by atoms with Crippen molar-refractivity contribution >= 4 is 57.1 Å². The van der Waals surface area contributed by atoms with Crippen molar-refractivity contribution in [3.05, 3.63) is 97.6 Å². The summed E-state index contributed by atoms with van der Waals surface area (Å²) >= 11 is 15.7. The number of carbonyl (C=O) groups excluding carboxylic acids is 2. The predicted octanol–water partition coefficient (Wildman–Crippen LogP) is 6.83. The van der Waals surface area contributed by atoms with Gasteiger partial charge in [-0.3, -0.25) is 9.69 Å². The first-order valence-electron chi connectivity index (χ1n) is 10.8. The maximum Gasteiger partial charge on any atom is 0.329 e. The number of ether oxygens (including phenoxy) is 2. The molecule has 3 aromatic rings. The number of hydrogen-bond acceptors (Lipinski definition) is 4. The Hall–Kier alpha value is -3.00. The highest BCUT2D eigenvalue weighted by atomic mass is 79.9. The molecule has 1 heterocycles. The molecule has 9 heteroatoms. The molecule has 4 rings (SSSR count). The first-order valence-corrected chi connectivity index (χ1v) is 12.3. The van der Waals surface area contributed by atoms with E-state index in [9.17, 15) is 9.59 Å². The monoisotopic (exact) mass is 574 g/mol. The van der Waals surface area contributed by atoms with Crippen LogP contribution >= 0.6 is 39.1 Å². The van der Waals surface area contributed by atoms with E-state index in [2.05, 4.69) is 21.2 Å². The van der Waals surface area contributed by atoms with E-state index < -0.39 is 11.9 Å². The molecule has 3 amide bonds. The van der Waals surface area contributed by atoms with Crippen LogP contribution in [0.3, 0.4) is 0 Å². The van der Waals surface area contributed by atoms with E-state index in [1.165, 1.54) is 0 Å². The van der Waals surface area contributed by atoms with Crippen molar-refractivity contribution in [2.24, 2.45) is 0 Å². The predicted molar refractivity (Wildman–Crippen MR) is 140 cm³/mol. The van der Waals surface area contributed by atoms with E-state index in [1.807, 2.05) is 25.1 Å². The number of hydrogen-bond donors (Lipinski definition) is 1. The smallest absolute Gasteiger partial charge is 0.329 e. The molecule has 1 aliphatic rings. The Labute approximate surface area is 221 Å². The Bertz CT molecular complexity index is 1300. The lowest BCUT2D eigenvalue weighted by Crippen LogP contribution is -2.30. The second kappa shape index (κ2) is 11.2. The third-order valence-electron chi connectivity index (χ3n) is 5.19. The number of imide groups is 1. The molecule has 0 unspecified atom stereocenters. The molecule has 1 N–H and O–H groups in total. The van der Waals surface area contributed by atoms with Crippen LogP contribution in [-0.4, -0.2) is 23.4 Å². The number of benzene rings is 3. The van der Waals surface area contributed by atoms with Gasteiger partial charge in [0.2, 0.25) is 0 Å². The first-order chi connectivity index (χ1) is 16.9. The zero-order chi connectivity index (χ0) is 24.9. The molecule has 1 fully saturated rings. The molecule has 3 aromatic carbocycles. The summed E-state index contributed by atoms with van der Waals surface area (Å²) in [5.74, 6) is 0.591. The fourth-order valence-corrected chi connectivity index (χ4v) is 4.38. The van der Waals surface area contributed by atoms with Gasteiger partial charge in [0.25, 0.3) is 5.91 Å². The lowest BCUT2D eigenvalue weighted by atomic mass is 10.1. The molecular formula is C26H21BrCl2N2O4. The molecule has 0 bridgehead atoms. The van der Waals surface area contributed by atoms with Crippen LogP contribution in [0.2, 0.25) is 10.0 Å². The average molecular weight is 576 g/mol. The number of rotatable bonds is 8. The van der Waals surface area contributed by atoms with Gasteiger partial charge in [-0.2, -0.15) is 0 Å². The first kappa shape index (κ1) is 25.1. The Morgan fingerprint density at radius 1 is 1.03 bits per heavy atom. The van der Waals surface area contributed by atoms with E-state index in [4.69, 9.17) is 32.7 Å². The zero-order valence-electron chi connectivity index (χ0n) is 18.7. The van der Waals surface area contributed by atoms with E-state index in [0.717, 1.165) is 16.0 Å². The number of carbonyl (C=O) groups is 2. The molecule has 1 saturated heterocycles. The van der Waals surface area contributed by atoms with E-state index >= 15 is 0 Å². The Morgan fingerprint density at radius 2 is 1.77 bits per heavy atom. The van der Waals surface area contributed by atoms with Crippen LogP contribution in [-0.2, 0) is 17.9 Å². The normalized spacial score (nSPS) is 14.4. The lowest BCUT2D eigenvalue weighted by Gasteiger charge is -2.15. The molecule has 0 aromatic heterocycles. The molecule has 0 atom stereocenters. The lowest BCUT2D eigenvalue weighted by molar-refractivity contribution is -0.123. The van der Waals surface area contributed by atoms with Crippen molar-refractivity contribution < 1.29 is 19.1 Å². The van der Waals surface area contributed by atoms with E-state index in [0.29, 0.717) is 38.2 Å². The standard InChI is InChI=1S/C26H21BrCl2N2O4/c1-2-34-23-13-17(11-20(27)24(23)35-15-18-5-3-4-6-21(18)29)12-22-25(32)31(26(33)30-22)14-16-7-9-19(28)10-8-16/h3-13H,2,14-15H2,1H3,(H,30,33)/b22-12-. The van der Waals surface area contributed by atoms with Crippen LogP contribution in [0.15, 0.2) is 70.8 Å². The fourth-order valence-electron chi connectivity index (χ4n) is 3.49. The Balaban J connectivity index is 1.55. The number of nitrogens with one attached hydrogen (secondary N) is 1.